The summed E-state index contributed by atoms with van der Waals surface area (Å²) < 4.78 is 0. The molecule has 4 nitrogen and oxygen atoms in total. The number of aromatic nitrogens is 1. The van der Waals surface area contributed by atoms with Crippen LogP contribution in [-0.2, 0) is 4.79 Å². The third-order valence-corrected chi connectivity index (χ3v) is 4.66. The van der Waals surface area contributed by atoms with E-state index in [1.54, 1.807) is 6.20 Å². The standard InChI is InChI=1S/C16H17N3O/c1-10-4-5-13(12-3-2-6-17-14(10)12)19-15(20)16-7-11(8-16)9-18-16/h2-6,11,18H,7-9H2,1H3,(H,19,20). The molecule has 1 saturated carbocycles. The summed E-state index contributed by atoms with van der Waals surface area (Å²) in [6, 6.07) is 7.89. The number of benzene rings is 1. The van der Waals surface area contributed by atoms with Crippen molar-refractivity contribution in [1.82, 2.24) is 10.3 Å². The smallest absolute Gasteiger partial charge is 0.244 e. The Balaban J connectivity index is 1.69. The van der Waals surface area contributed by atoms with Crippen LogP contribution in [0, 0.1) is 12.8 Å². The van der Waals surface area contributed by atoms with Crippen LogP contribution in [0.4, 0.5) is 5.69 Å². The predicted molar refractivity (Wildman–Crippen MR) is 78.6 cm³/mol. The Morgan fingerprint density at radius 3 is 3.00 bits per heavy atom. The fourth-order valence-corrected chi connectivity index (χ4v) is 3.48. The van der Waals surface area contributed by atoms with Crippen LogP contribution in [0.3, 0.4) is 0 Å². The number of fused-ring (bicyclic) bond motifs is 2. The predicted octanol–water partition coefficient (Wildman–Crippen LogP) is 2.23. The molecule has 102 valence electrons. The van der Waals surface area contributed by atoms with Gasteiger partial charge in [-0.1, -0.05) is 6.07 Å². The molecule has 2 saturated heterocycles. The van der Waals surface area contributed by atoms with Crippen molar-refractivity contribution in [3.05, 3.63) is 36.0 Å². The molecule has 0 spiro atoms. The van der Waals surface area contributed by atoms with Gasteiger partial charge < -0.3 is 10.6 Å². The van der Waals surface area contributed by atoms with Crippen molar-refractivity contribution in [3.63, 3.8) is 0 Å². The fraction of sp³-hybridized carbons (Fsp3) is 0.375. The molecular formula is C16H17N3O. The molecule has 3 aliphatic rings. The summed E-state index contributed by atoms with van der Waals surface area (Å²) >= 11 is 0. The van der Waals surface area contributed by atoms with E-state index in [-0.39, 0.29) is 11.4 Å². The number of hydrogen-bond donors (Lipinski definition) is 2. The molecule has 2 aromatic rings. The van der Waals surface area contributed by atoms with Gasteiger partial charge >= 0.3 is 0 Å². The molecule has 5 rings (SSSR count). The van der Waals surface area contributed by atoms with Gasteiger partial charge in [-0.25, -0.2) is 0 Å². The average molecular weight is 267 g/mol. The van der Waals surface area contributed by atoms with E-state index in [0.717, 1.165) is 41.5 Å². The van der Waals surface area contributed by atoms with E-state index in [0.29, 0.717) is 5.92 Å². The van der Waals surface area contributed by atoms with E-state index in [1.807, 2.05) is 31.2 Å². The van der Waals surface area contributed by atoms with Crippen molar-refractivity contribution in [1.29, 1.82) is 0 Å². The highest BCUT2D eigenvalue weighted by atomic mass is 16.2. The lowest BCUT2D eigenvalue weighted by atomic mass is 9.73. The number of nitrogens with zero attached hydrogens (tertiary/aromatic N) is 1. The first kappa shape index (κ1) is 11.9. The zero-order chi connectivity index (χ0) is 13.7. The van der Waals surface area contributed by atoms with Crippen molar-refractivity contribution >= 4 is 22.5 Å². The number of nitrogens with one attached hydrogen (secondary N) is 2. The Hall–Kier alpha value is -1.94. The summed E-state index contributed by atoms with van der Waals surface area (Å²) in [5.41, 5.74) is 2.62. The van der Waals surface area contributed by atoms with Gasteiger partial charge in [0.2, 0.25) is 5.91 Å². The number of amides is 1. The summed E-state index contributed by atoms with van der Waals surface area (Å²) in [7, 11) is 0. The van der Waals surface area contributed by atoms with Gasteiger partial charge in [0.15, 0.2) is 0 Å². The molecule has 3 fully saturated rings. The summed E-state index contributed by atoms with van der Waals surface area (Å²) in [6.07, 6.45) is 3.73. The molecule has 2 aliphatic heterocycles. The Morgan fingerprint density at radius 2 is 2.25 bits per heavy atom. The first-order valence-corrected chi connectivity index (χ1v) is 7.09. The molecule has 2 N–H and O–H groups in total. The topological polar surface area (TPSA) is 54.0 Å². The molecule has 20 heavy (non-hydrogen) atoms. The highest BCUT2D eigenvalue weighted by molar-refractivity contribution is 6.05. The molecule has 1 aromatic carbocycles. The van der Waals surface area contributed by atoms with Gasteiger partial charge in [0.1, 0.15) is 0 Å². The molecule has 0 radical (unpaired) electrons. The van der Waals surface area contributed by atoms with Crippen LogP contribution in [0.1, 0.15) is 18.4 Å². The third kappa shape index (κ3) is 1.58. The quantitative estimate of drug-likeness (QED) is 0.877. The van der Waals surface area contributed by atoms with Crippen molar-refractivity contribution < 1.29 is 4.79 Å². The van der Waals surface area contributed by atoms with Gasteiger partial charge in [-0.2, -0.15) is 0 Å². The molecular weight excluding hydrogens is 250 g/mol. The van der Waals surface area contributed by atoms with Crippen molar-refractivity contribution in [2.24, 2.45) is 5.92 Å². The van der Waals surface area contributed by atoms with Crippen LogP contribution < -0.4 is 10.6 Å². The van der Waals surface area contributed by atoms with Crippen molar-refractivity contribution in [3.8, 4) is 0 Å². The minimum atomic E-state index is -0.315. The molecule has 2 bridgehead atoms. The maximum absolute atomic E-state index is 12.5. The maximum Gasteiger partial charge on any atom is 0.244 e. The van der Waals surface area contributed by atoms with Crippen LogP contribution in [-0.4, -0.2) is 23.0 Å². The Bertz CT molecular complexity index is 698. The van der Waals surface area contributed by atoms with Gasteiger partial charge in [0.05, 0.1) is 16.7 Å². The Morgan fingerprint density at radius 1 is 1.40 bits per heavy atom. The Labute approximate surface area is 117 Å². The summed E-state index contributed by atoms with van der Waals surface area (Å²) in [5, 5.41) is 7.46. The second-order valence-electron chi connectivity index (χ2n) is 6.02. The van der Waals surface area contributed by atoms with Gasteiger partial charge in [0, 0.05) is 11.6 Å². The number of carbonyl (C=O) groups is 1. The van der Waals surface area contributed by atoms with Crippen LogP contribution in [0.25, 0.3) is 10.9 Å². The summed E-state index contributed by atoms with van der Waals surface area (Å²) in [5.74, 6) is 0.789. The molecule has 1 amide bonds. The minimum absolute atomic E-state index is 0.0975. The lowest BCUT2D eigenvalue weighted by Crippen LogP contribution is -2.53. The Kier molecular flexibility index (Phi) is 2.39. The second-order valence-corrected chi connectivity index (χ2v) is 6.02. The lowest BCUT2D eigenvalue weighted by molar-refractivity contribution is -0.124. The highest BCUT2D eigenvalue weighted by Gasteiger charge is 2.55. The number of carbonyl (C=O) groups excluding carboxylic acids is 1. The monoisotopic (exact) mass is 267 g/mol. The first-order chi connectivity index (χ1) is 9.68. The summed E-state index contributed by atoms with van der Waals surface area (Å²) in [6.45, 7) is 3.01. The minimum Gasteiger partial charge on any atom is -0.324 e. The zero-order valence-corrected chi connectivity index (χ0v) is 11.4. The van der Waals surface area contributed by atoms with Crippen LogP contribution in [0.5, 0.6) is 0 Å². The van der Waals surface area contributed by atoms with E-state index < -0.39 is 0 Å². The van der Waals surface area contributed by atoms with Gasteiger partial charge in [-0.3, -0.25) is 9.78 Å². The molecule has 0 unspecified atom stereocenters. The van der Waals surface area contributed by atoms with Gasteiger partial charge in [-0.15, -0.1) is 0 Å². The van der Waals surface area contributed by atoms with Gasteiger partial charge in [0.25, 0.3) is 0 Å². The SMILES string of the molecule is Cc1ccc(NC(=O)C23CC(CN2)C3)c2cccnc12. The average Bonchev–Trinajstić information content (AvgIpc) is 3.03. The zero-order valence-electron chi connectivity index (χ0n) is 11.4. The van der Waals surface area contributed by atoms with E-state index in [9.17, 15) is 4.79 Å². The van der Waals surface area contributed by atoms with Crippen molar-refractivity contribution in [2.75, 3.05) is 11.9 Å². The number of rotatable bonds is 2. The normalized spacial score (nSPS) is 27.4. The number of hydrogen-bond acceptors (Lipinski definition) is 3. The van der Waals surface area contributed by atoms with Crippen molar-refractivity contribution in [2.45, 2.75) is 25.3 Å². The molecule has 3 heterocycles. The van der Waals surface area contributed by atoms with E-state index in [2.05, 4.69) is 15.6 Å². The molecule has 1 aromatic heterocycles. The fourth-order valence-electron chi connectivity index (χ4n) is 3.48. The summed E-state index contributed by atoms with van der Waals surface area (Å²) in [4.78, 5) is 16.9. The molecule has 4 heteroatoms. The van der Waals surface area contributed by atoms with Gasteiger partial charge in [-0.05, 0) is 56.0 Å². The lowest BCUT2D eigenvalue weighted by Gasteiger charge is -2.35. The molecule has 0 atom stereocenters. The first-order valence-electron chi connectivity index (χ1n) is 7.09. The highest BCUT2D eigenvalue weighted by Crippen LogP contribution is 2.44. The van der Waals surface area contributed by atoms with Crippen LogP contribution in [0.15, 0.2) is 30.5 Å². The number of aryl methyl sites for hydroxylation is 1. The van der Waals surface area contributed by atoms with E-state index >= 15 is 0 Å². The van der Waals surface area contributed by atoms with Crippen LogP contribution in [0.2, 0.25) is 0 Å². The van der Waals surface area contributed by atoms with E-state index in [4.69, 9.17) is 0 Å². The number of anilines is 1. The maximum atomic E-state index is 12.5. The van der Waals surface area contributed by atoms with Crippen LogP contribution >= 0.6 is 0 Å². The van der Waals surface area contributed by atoms with E-state index in [1.165, 1.54) is 0 Å². The largest absolute Gasteiger partial charge is 0.324 e. The second kappa shape index (κ2) is 4.03. The number of pyridine rings is 1. The third-order valence-electron chi connectivity index (χ3n) is 4.66. The molecule has 1 aliphatic carbocycles.